The molecule has 33 heavy (non-hydrogen) atoms. The fraction of sp³-hybridized carbons (Fsp3) is 0.538. The van der Waals surface area contributed by atoms with Crippen molar-refractivity contribution in [3.8, 4) is 11.5 Å². The quantitative estimate of drug-likeness (QED) is 0.495. The van der Waals surface area contributed by atoms with Crippen molar-refractivity contribution >= 4 is 9.84 Å². The first kappa shape index (κ1) is 24.0. The molecule has 0 aliphatic carbocycles. The molecule has 180 valence electrons. The number of hydrogen-bond acceptors (Lipinski definition) is 6. The Morgan fingerprint density at radius 1 is 0.758 bits per heavy atom. The summed E-state index contributed by atoms with van der Waals surface area (Å²) in [5.74, 6) is 1.19. The maximum Gasteiger partial charge on any atom is 0.207 e. The molecule has 0 aromatic heterocycles. The summed E-state index contributed by atoms with van der Waals surface area (Å²) in [6, 6.07) is 10.4. The van der Waals surface area contributed by atoms with Crippen molar-refractivity contribution in [2.75, 3.05) is 39.6 Å². The minimum absolute atomic E-state index is 0.0188. The van der Waals surface area contributed by atoms with Crippen LogP contribution in [0, 0.1) is 24.7 Å². The molecule has 6 nitrogen and oxygen atoms in total. The van der Waals surface area contributed by atoms with Crippen LogP contribution in [0.5, 0.6) is 11.5 Å². The van der Waals surface area contributed by atoms with Crippen LogP contribution in [0.15, 0.2) is 46.2 Å². The Morgan fingerprint density at radius 2 is 1.15 bits per heavy atom. The molecular weight excluding hydrogens is 440 g/mol. The molecule has 2 saturated heterocycles. The van der Waals surface area contributed by atoms with E-state index in [2.05, 4.69) is 13.8 Å². The lowest BCUT2D eigenvalue weighted by atomic mass is 9.84. The molecule has 2 fully saturated rings. The van der Waals surface area contributed by atoms with Crippen molar-refractivity contribution < 1.29 is 27.4 Å². The van der Waals surface area contributed by atoms with Crippen molar-refractivity contribution in [1.82, 2.24) is 0 Å². The third-order valence-corrected chi connectivity index (χ3v) is 9.29. The van der Waals surface area contributed by atoms with Crippen molar-refractivity contribution in [1.29, 1.82) is 0 Å². The van der Waals surface area contributed by atoms with Crippen LogP contribution in [-0.2, 0) is 19.3 Å². The molecule has 0 amide bonds. The lowest BCUT2D eigenvalue weighted by Crippen LogP contribution is -2.46. The maximum atomic E-state index is 13.7. The molecule has 2 aromatic rings. The molecule has 2 aliphatic heterocycles. The third kappa shape index (κ3) is 4.51. The summed E-state index contributed by atoms with van der Waals surface area (Å²) in [4.78, 5) is 0.515. The van der Waals surface area contributed by atoms with Gasteiger partial charge in [0, 0.05) is 11.1 Å². The molecule has 0 saturated carbocycles. The van der Waals surface area contributed by atoms with E-state index in [4.69, 9.17) is 18.9 Å². The highest BCUT2D eigenvalue weighted by molar-refractivity contribution is 7.91. The average molecular weight is 475 g/mol. The molecule has 7 heteroatoms. The normalized spacial score (nSPS) is 18.8. The Kier molecular flexibility index (Phi) is 6.76. The minimum Gasteiger partial charge on any atom is -0.493 e. The van der Waals surface area contributed by atoms with Gasteiger partial charge in [-0.05, 0) is 51.0 Å². The van der Waals surface area contributed by atoms with E-state index < -0.39 is 9.84 Å². The molecular formula is C26H34O6S. The monoisotopic (exact) mass is 474 g/mol. The minimum atomic E-state index is -3.76. The van der Waals surface area contributed by atoms with Crippen molar-refractivity contribution in [3.63, 3.8) is 0 Å². The Hall–Kier alpha value is -2.09. The van der Waals surface area contributed by atoms with Crippen LogP contribution in [-0.4, -0.2) is 48.1 Å². The molecule has 2 aromatic carbocycles. The highest BCUT2D eigenvalue weighted by atomic mass is 32.2. The van der Waals surface area contributed by atoms with Crippen LogP contribution < -0.4 is 9.47 Å². The highest BCUT2D eigenvalue weighted by Crippen LogP contribution is 2.37. The Morgan fingerprint density at radius 3 is 1.45 bits per heavy atom. The molecule has 2 heterocycles. The zero-order valence-electron chi connectivity index (χ0n) is 20.0. The fourth-order valence-electron chi connectivity index (χ4n) is 4.22. The van der Waals surface area contributed by atoms with E-state index in [0.29, 0.717) is 62.3 Å². The zero-order valence-corrected chi connectivity index (χ0v) is 20.8. The Bertz CT molecular complexity index is 1010. The van der Waals surface area contributed by atoms with E-state index in [1.165, 1.54) is 0 Å². The van der Waals surface area contributed by atoms with Gasteiger partial charge in [-0.2, -0.15) is 0 Å². The predicted octanol–water partition coefficient (Wildman–Crippen LogP) is 4.75. The average Bonchev–Trinajstić information content (AvgIpc) is 2.74. The fourth-order valence-corrected chi connectivity index (χ4v) is 5.98. The van der Waals surface area contributed by atoms with Gasteiger partial charge in [-0.25, -0.2) is 8.42 Å². The van der Waals surface area contributed by atoms with E-state index in [1.807, 2.05) is 12.1 Å². The summed E-state index contributed by atoms with van der Waals surface area (Å²) < 4.78 is 50.3. The van der Waals surface area contributed by atoms with Crippen LogP contribution in [0.25, 0.3) is 0 Å². The molecule has 0 radical (unpaired) electrons. The standard InChI is InChI=1S/C26H34O6S/c1-5-25(13-29-14-25)17-31-21-9-7-11-23(19(21)3)33(27,28)24-12-8-10-22(20(24)4)32-18-26(6-2)15-30-16-26/h7-12H,5-6,13-18H2,1-4H3. The van der Waals surface area contributed by atoms with Gasteiger partial charge < -0.3 is 18.9 Å². The summed E-state index contributed by atoms with van der Waals surface area (Å²) in [6.45, 7) is 11.6. The van der Waals surface area contributed by atoms with Gasteiger partial charge in [0.05, 0.1) is 60.3 Å². The van der Waals surface area contributed by atoms with Gasteiger partial charge in [0.15, 0.2) is 0 Å². The van der Waals surface area contributed by atoms with E-state index in [1.54, 1.807) is 38.1 Å². The van der Waals surface area contributed by atoms with Gasteiger partial charge >= 0.3 is 0 Å². The van der Waals surface area contributed by atoms with Crippen LogP contribution in [0.4, 0.5) is 0 Å². The van der Waals surface area contributed by atoms with Crippen LogP contribution >= 0.6 is 0 Å². The predicted molar refractivity (Wildman–Crippen MR) is 126 cm³/mol. The van der Waals surface area contributed by atoms with E-state index in [-0.39, 0.29) is 20.6 Å². The smallest absolute Gasteiger partial charge is 0.207 e. The van der Waals surface area contributed by atoms with Gasteiger partial charge in [-0.1, -0.05) is 26.0 Å². The summed E-state index contributed by atoms with van der Waals surface area (Å²) in [6.07, 6.45) is 1.92. The van der Waals surface area contributed by atoms with Crippen LogP contribution in [0.3, 0.4) is 0 Å². The van der Waals surface area contributed by atoms with Gasteiger partial charge in [0.25, 0.3) is 0 Å². The lowest BCUT2D eigenvalue weighted by molar-refractivity contribution is -0.133. The molecule has 0 unspecified atom stereocenters. The largest absolute Gasteiger partial charge is 0.493 e. The van der Waals surface area contributed by atoms with Gasteiger partial charge in [-0.3, -0.25) is 0 Å². The van der Waals surface area contributed by atoms with Crippen molar-refractivity contribution in [3.05, 3.63) is 47.5 Å². The van der Waals surface area contributed by atoms with Gasteiger partial charge in [0.1, 0.15) is 11.5 Å². The molecule has 0 bridgehead atoms. The second kappa shape index (κ2) is 9.28. The van der Waals surface area contributed by atoms with Crippen LogP contribution in [0.1, 0.15) is 37.8 Å². The number of hydrogen-bond donors (Lipinski definition) is 0. The Balaban J connectivity index is 1.58. The summed E-state index contributed by atoms with van der Waals surface area (Å²) in [7, 11) is -3.76. The number of benzene rings is 2. The molecule has 4 rings (SSSR count). The topological polar surface area (TPSA) is 71.1 Å². The first-order valence-corrected chi connectivity index (χ1v) is 13.1. The van der Waals surface area contributed by atoms with E-state index in [0.717, 1.165) is 12.8 Å². The Labute approximate surface area is 197 Å². The van der Waals surface area contributed by atoms with E-state index >= 15 is 0 Å². The maximum absolute atomic E-state index is 13.7. The molecule has 2 aliphatic rings. The number of sulfone groups is 1. The number of ether oxygens (including phenoxy) is 4. The second-order valence-corrected chi connectivity index (χ2v) is 11.4. The molecule has 0 N–H and O–H groups in total. The highest BCUT2D eigenvalue weighted by Gasteiger charge is 2.39. The number of rotatable bonds is 10. The van der Waals surface area contributed by atoms with Crippen molar-refractivity contribution in [2.45, 2.75) is 50.3 Å². The third-order valence-electron chi connectivity index (χ3n) is 7.25. The summed E-state index contributed by atoms with van der Waals surface area (Å²) in [5.41, 5.74) is 1.27. The summed E-state index contributed by atoms with van der Waals surface area (Å²) >= 11 is 0. The lowest BCUT2D eigenvalue weighted by Gasteiger charge is -2.40. The first-order chi connectivity index (χ1) is 15.8. The van der Waals surface area contributed by atoms with Crippen molar-refractivity contribution in [2.24, 2.45) is 10.8 Å². The summed E-state index contributed by atoms with van der Waals surface area (Å²) in [5, 5.41) is 0. The van der Waals surface area contributed by atoms with Gasteiger partial charge in [0.2, 0.25) is 9.84 Å². The second-order valence-electron chi connectivity index (χ2n) is 9.53. The molecule has 0 spiro atoms. The zero-order chi connectivity index (χ0) is 23.7. The van der Waals surface area contributed by atoms with E-state index in [9.17, 15) is 8.42 Å². The first-order valence-electron chi connectivity index (χ1n) is 11.6. The van der Waals surface area contributed by atoms with Gasteiger partial charge in [-0.15, -0.1) is 0 Å². The van der Waals surface area contributed by atoms with Crippen LogP contribution in [0.2, 0.25) is 0 Å². The SMILES string of the molecule is CCC1(COc2cccc(S(=O)(=O)c3cccc(OCC4(CC)COC4)c3C)c2C)COC1. The molecule has 0 atom stereocenters.